The third kappa shape index (κ3) is 3.78. The number of fused-ring (bicyclic) bond motifs is 1. The van der Waals surface area contributed by atoms with E-state index in [-0.39, 0.29) is 24.0 Å². The lowest BCUT2D eigenvalue weighted by atomic mass is 9.99. The second kappa shape index (κ2) is 8.45. The Morgan fingerprint density at radius 2 is 1.97 bits per heavy atom. The summed E-state index contributed by atoms with van der Waals surface area (Å²) in [5.41, 5.74) is 3.60. The van der Waals surface area contributed by atoms with E-state index in [2.05, 4.69) is 17.2 Å². The van der Waals surface area contributed by atoms with Gasteiger partial charge in [0.05, 0.1) is 17.9 Å². The molecule has 1 unspecified atom stereocenters. The average Bonchev–Trinajstić information content (AvgIpc) is 3.29. The molecule has 1 aromatic carbocycles. The Morgan fingerprint density at radius 1 is 1.13 bits per heavy atom. The Kier molecular flexibility index (Phi) is 5.74. The summed E-state index contributed by atoms with van der Waals surface area (Å²) in [6.07, 6.45) is 6.13. The lowest BCUT2D eigenvalue weighted by Crippen LogP contribution is -2.31. The van der Waals surface area contributed by atoms with Crippen LogP contribution in [0.5, 0.6) is 0 Å². The molecule has 7 nitrogen and oxygen atoms in total. The fourth-order valence-electron chi connectivity index (χ4n) is 4.07. The zero-order chi connectivity index (χ0) is 19.8. The normalized spacial score (nSPS) is 16.5. The fraction of sp³-hybridized carbons (Fsp3) is 0.318. The van der Waals surface area contributed by atoms with Crippen LogP contribution in [0.3, 0.4) is 0 Å². The molecule has 4 aromatic rings. The molecule has 1 atom stereocenters. The molecule has 8 heteroatoms. The number of aromatic nitrogens is 5. The third-order valence-electron chi connectivity index (χ3n) is 5.50. The lowest BCUT2D eigenvalue weighted by molar-refractivity contribution is 0.439. The molecule has 30 heavy (non-hydrogen) atoms. The molecule has 5 rings (SSSR count). The summed E-state index contributed by atoms with van der Waals surface area (Å²) in [5.74, 6) is 1.05. The lowest BCUT2D eigenvalue weighted by Gasteiger charge is -2.22. The van der Waals surface area contributed by atoms with E-state index in [0.29, 0.717) is 6.54 Å². The quantitative estimate of drug-likeness (QED) is 0.547. The second-order valence-electron chi connectivity index (χ2n) is 7.72. The van der Waals surface area contributed by atoms with Crippen molar-refractivity contribution in [3.63, 3.8) is 0 Å². The molecule has 1 aliphatic rings. The van der Waals surface area contributed by atoms with Crippen molar-refractivity contribution >= 4 is 18.1 Å². The Bertz CT molecular complexity index is 1200. The van der Waals surface area contributed by atoms with Crippen LogP contribution in [-0.2, 0) is 6.54 Å². The van der Waals surface area contributed by atoms with Gasteiger partial charge in [0.15, 0.2) is 0 Å². The highest BCUT2D eigenvalue weighted by atomic mass is 35.5. The first kappa shape index (κ1) is 20.4. The SMILES string of the molecule is Cc1ccc2nc(Cn3nc(C4CCCNC4)n(-c4ccccc4)c3=O)cn2c1.Cl. The Labute approximate surface area is 180 Å². The van der Waals surface area contributed by atoms with Crippen LogP contribution in [0.25, 0.3) is 11.3 Å². The predicted molar refractivity (Wildman–Crippen MR) is 119 cm³/mol. The van der Waals surface area contributed by atoms with Crippen LogP contribution in [0.15, 0.2) is 59.7 Å². The van der Waals surface area contributed by atoms with E-state index in [1.165, 1.54) is 5.56 Å². The van der Waals surface area contributed by atoms with Gasteiger partial charge in [-0.15, -0.1) is 12.4 Å². The Balaban J connectivity index is 0.00000218. The summed E-state index contributed by atoms with van der Waals surface area (Å²) in [5, 5.41) is 8.20. The fourth-order valence-corrected chi connectivity index (χ4v) is 4.07. The molecule has 0 radical (unpaired) electrons. The third-order valence-corrected chi connectivity index (χ3v) is 5.50. The number of nitrogens with one attached hydrogen (secondary N) is 1. The van der Waals surface area contributed by atoms with Gasteiger partial charge in [0.1, 0.15) is 11.5 Å². The minimum atomic E-state index is -0.120. The summed E-state index contributed by atoms with van der Waals surface area (Å²) in [4.78, 5) is 18.0. The maximum absolute atomic E-state index is 13.3. The predicted octanol–water partition coefficient (Wildman–Crippen LogP) is 2.93. The molecule has 0 saturated carbocycles. The van der Waals surface area contributed by atoms with E-state index in [1.54, 1.807) is 9.25 Å². The summed E-state index contributed by atoms with van der Waals surface area (Å²) in [6.45, 7) is 4.27. The highest BCUT2D eigenvalue weighted by Gasteiger charge is 2.25. The van der Waals surface area contributed by atoms with Gasteiger partial charge in [-0.2, -0.15) is 5.10 Å². The molecule has 4 heterocycles. The number of benzene rings is 1. The highest BCUT2D eigenvalue weighted by Crippen LogP contribution is 2.23. The molecule has 0 aliphatic carbocycles. The van der Waals surface area contributed by atoms with Crippen molar-refractivity contribution in [2.24, 2.45) is 0 Å². The molecule has 1 aliphatic heterocycles. The molecule has 0 amide bonds. The molecule has 1 saturated heterocycles. The number of hydrogen-bond donors (Lipinski definition) is 1. The van der Waals surface area contributed by atoms with Gasteiger partial charge in [0.25, 0.3) is 0 Å². The summed E-state index contributed by atoms with van der Waals surface area (Å²) in [7, 11) is 0. The number of hydrogen-bond acceptors (Lipinski definition) is 4. The minimum absolute atomic E-state index is 0. The standard InChI is InChI=1S/C22H24N6O.ClH/c1-16-9-10-20-24-18(14-26(20)13-16)15-27-22(29)28(19-7-3-2-4-8-19)21(25-27)17-6-5-11-23-12-17;/h2-4,7-10,13-14,17,23H,5-6,11-12,15H2,1H3;1H. The van der Waals surface area contributed by atoms with Crippen LogP contribution in [0.1, 0.15) is 35.8 Å². The van der Waals surface area contributed by atoms with E-state index in [9.17, 15) is 4.79 Å². The zero-order valence-electron chi connectivity index (χ0n) is 16.9. The maximum atomic E-state index is 13.3. The number of halogens is 1. The molecular formula is C22H25ClN6O. The Morgan fingerprint density at radius 3 is 2.73 bits per heavy atom. The first-order chi connectivity index (χ1) is 14.2. The average molecular weight is 425 g/mol. The molecular weight excluding hydrogens is 400 g/mol. The van der Waals surface area contributed by atoms with Gasteiger partial charge in [-0.1, -0.05) is 24.3 Å². The molecule has 0 spiro atoms. The van der Waals surface area contributed by atoms with Gasteiger partial charge in [0.2, 0.25) is 0 Å². The van der Waals surface area contributed by atoms with Gasteiger partial charge in [0, 0.05) is 24.9 Å². The van der Waals surface area contributed by atoms with Gasteiger partial charge >= 0.3 is 5.69 Å². The molecule has 1 fully saturated rings. The van der Waals surface area contributed by atoms with E-state index in [1.807, 2.05) is 59.3 Å². The molecule has 1 N–H and O–H groups in total. The first-order valence-electron chi connectivity index (χ1n) is 10.1. The van der Waals surface area contributed by atoms with Crippen molar-refractivity contribution in [2.75, 3.05) is 13.1 Å². The second-order valence-corrected chi connectivity index (χ2v) is 7.72. The smallest absolute Gasteiger partial charge is 0.316 e. The highest BCUT2D eigenvalue weighted by molar-refractivity contribution is 5.85. The van der Waals surface area contributed by atoms with Gasteiger partial charge < -0.3 is 9.72 Å². The van der Waals surface area contributed by atoms with E-state index in [4.69, 9.17) is 5.10 Å². The van der Waals surface area contributed by atoms with Crippen molar-refractivity contribution in [1.82, 2.24) is 29.0 Å². The largest absolute Gasteiger partial charge is 0.350 e. The van der Waals surface area contributed by atoms with Gasteiger partial charge in [-0.25, -0.2) is 19.0 Å². The number of imidazole rings is 1. The van der Waals surface area contributed by atoms with Crippen LogP contribution in [0.4, 0.5) is 0 Å². The van der Waals surface area contributed by atoms with Crippen molar-refractivity contribution in [3.05, 3.63) is 82.4 Å². The molecule has 0 bridgehead atoms. The number of pyridine rings is 1. The summed E-state index contributed by atoms with van der Waals surface area (Å²) >= 11 is 0. The van der Waals surface area contributed by atoms with E-state index in [0.717, 1.165) is 48.8 Å². The van der Waals surface area contributed by atoms with E-state index < -0.39 is 0 Å². The number of para-hydroxylation sites is 1. The maximum Gasteiger partial charge on any atom is 0.350 e. The number of aryl methyl sites for hydroxylation is 1. The zero-order valence-corrected chi connectivity index (χ0v) is 17.7. The summed E-state index contributed by atoms with van der Waals surface area (Å²) < 4.78 is 5.30. The van der Waals surface area contributed by atoms with Crippen molar-refractivity contribution in [1.29, 1.82) is 0 Å². The topological polar surface area (TPSA) is 69.2 Å². The molecule has 3 aromatic heterocycles. The number of rotatable bonds is 4. The molecule has 156 valence electrons. The van der Waals surface area contributed by atoms with Gasteiger partial charge in [-0.3, -0.25) is 0 Å². The van der Waals surface area contributed by atoms with Crippen molar-refractivity contribution in [2.45, 2.75) is 32.2 Å². The van der Waals surface area contributed by atoms with Crippen LogP contribution >= 0.6 is 12.4 Å². The first-order valence-corrected chi connectivity index (χ1v) is 10.1. The van der Waals surface area contributed by atoms with Gasteiger partial charge in [-0.05, 0) is 50.1 Å². The van der Waals surface area contributed by atoms with Crippen LogP contribution in [0, 0.1) is 6.92 Å². The monoisotopic (exact) mass is 424 g/mol. The van der Waals surface area contributed by atoms with E-state index >= 15 is 0 Å². The van der Waals surface area contributed by atoms with Crippen molar-refractivity contribution < 1.29 is 0 Å². The van der Waals surface area contributed by atoms with Crippen LogP contribution in [0.2, 0.25) is 0 Å². The number of piperidine rings is 1. The Hall–Kier alpha value is -2.90. The summed E-state index contributed by atoms with van der Waals surface area (Å²) in [6, 6.07) is 13.8. The van der Waals surface area contributed by atoms with Crippen LogP contribution in [-0.4, -0.2) is 36.8 Å². The van der Waals surface area contributed by atoms with Crippen molar-refractivity contribution in [3.8, 4) is 5.69 Å². The minimum Gasteiger partial charge on any atom is -0.316 e. The number of nitrogens with zero attached hydrogens (tertiary/aromatic N) is 5. The van der Waals surface area contributed by atoms with Crippen LogP contribution < -0.4 is 11.0 Å².